The van der Waals surface area contributed by atoms with Crippen LogP contribution in [0.1, 0.15) is 96.6 Å². The second kappa shape index (κ2) is 8.41. The van der Waals surface area contributed by atoms with E-state index in [1.165, 1.54) is 68.9 Å². The number of phenols is 1. The summed E-state index contributed by atoms with van der Waals surface area (Å²) in [6, 6.07) is 6.24. The lowest BCUT2D eigenvalue weighted by molar-refractivity contribution is 0.358. The molecule has 0 aliphatic heterocycles. The standard InChI is InChI=1S/C23H38O/c1-22(2,3)12-8-5-6-10-19-16-20(18-21(24)17-19)11-7-9-13-23(4)14-15-23/h16-18,24H,5-15H2,1-4H3. The highest BCUT2D eigenvalue weighted by molar-refractivity contribution is 5.33. The molecule has 0 aromatic heterocycles. The highest BCUT2D eigenvalue weighted by Gasteiger charge is 2.35. The number of hydrogen-bond acceptors (Lipinski definition) is 1. The molecule has 0 radical (unpaired) electrons. The molecule has 0 heterocycles. The highest BCUT2D eigenvalue weighted by atomic mass is 16.3. The van der Waals surface area contributed by atoms with E-state index in [0.717, 1.165) is 12.8 Å². The van der Waals surface area contributed by atoms with Crippen molar-refractivity contribution in [3.8, 4) is 5.75 Å². The van der Waals surface area contributed by atoms with E-state index in [1.807, 2.05) is 12.1 Å². The predicted octanol–water partition coefficient (Wildman–Crippen LogP) is 7.05. The van der Waals surface area contributed by atoms with E-state index in [2.05, 4.69) is 33.8 Å². The van der Waals surface area contributed by atoms with Gasteiger partial charge in [0.15, 0.2) is 0 Å². The van der Waals surface area contributed by atoms with Crippen LogP contribution in [-0.4, -0.2) is 5.11 Å². The summed E-state index contributed by atoms with van der Waals surface area (Å²) < 4.78 is 0. The molecule has 1 heteroatoms. The zero-order valence-electron chi connectivity index (χ0n) is 16.5. The Kier molecular flexibility index (Phi) is 6.78. The fourth-order valence-electron chi connectivity index (χ4n) is 3.54. The van der Waals surface area contributed by atoms with Gasteiger partial charge in [-0.1, -0.05) is 53.0 Å². The molecular formula is C23H38O. The Labute approximate surface area is 149 Å². The number of benzene rings is 1. The summed E-state index contributed by atoms with van der Waals surface area (Å²) in [7, 11) is 0. The lowest BCUT2D eigenvalue weighted by atomic mass is 9.89. The number of aromatic hydroxyl groups is 1. The molecule has 1 nitrogen and oxygen atoms in total. The highest BCUT2D eigenvalue weighted by Crippen LogP contribution is 2.49. The molecule has 0 unspecified atom stereocenters. The Morgan fingerprint density at radius 1 is 0.875 bits per heavy atom. The molecule has 0 bridgehead atoms. The Bertz CT molecular complexity index is 505. The second-order valence-electron chi connectivity index (χ2n) is 9.65. The summed E-state index contributed by atoms with van der Waals surface area (Å²) in [5.41, 5.74) is 3.77. The van der Waals surface area contributed by atoms with Crippen LogP contribution >= 0.6 is 0 Å². The van der Waals surface area contributed by atoms with Crippen molar-refractivity contribution in [1.29, 1.82) is 0 Å². The molecule has 0 spiro atoms. The maximum absolute atomic E-state index is 10.00. The molecule has 1 N–H and O–H groups in total. The minimum Gasteiger partial charge on any atom is -0.508 e. The number of rotatable bonds is 10. The molecule has 2 rings (SSSR count). The van der Waals surface area contributed by atoms with Crippen molar-refractivity contribution < 1.29 is 5.11 Å². The van der Waals surface area contributed by atoms with Crippen molar-refractivity contribution in [2.45, 2.75) is 98.3 Å². The number of hydrogen-bond donors (Lipinski definition) is 1. The maximum Gasteiger partial charge on any atom is 0.116 e. The summed E-state index contributed by atoms with van der Waals surface area (Å²) in [4.78, 5) is 0. The van der Waals surface area contributed by atoms with Gasteiger partial charge in [0.25, 0.3) is 0 Å². The van der Waals surface area contributed by atoms with Crippen molar-refractivity contribution >= 4 is 0 Å². The molecule has 0 saturated heterocycles. The largest absolute Gasteiger partial charge is 0.508 e. The third-order valence-electron chi connectivity index (χ3n) is 5.53. The van der Waals surface area contributed by atoms with Crippen LogP contribution in [0.2, 0.25) is 0 Å². The SMILES string of the molecule is CC(C)(C)CCCCCc1cc(O)cc(CCCCC2(C)CC2)c1. The third-order valence-corrected chi connectivity index (χ3v) is 5.53. The first-order chi connectivity index (χ1) is 11.3. The first-order valence-corrected chi connectivity index (χ1v) is 10.1. The molecule has 1 fully saturated rings. The summed E-state index contributed by atoms with van der Waals surface area (Å²) in [6.07, 6.45) is 14.2. The van der Waals surface area contributed by atoms with Gasteiger partial charge in [-0.25, -0.2) is 0 Å². The number of unbranched alkanes of at least 4 members (excludes halogenated alkanes) is 3. The van der Waals surface area contributed by atoms with E-state index in [4.69, 9.17) is 0 Å². The van der Waals surface area contributed by atoms with Gasteiger partial charge in [-0.2, -0.15) is 0 Å². The van der Waals surface area contributed by atoms with E-state index in [-0.39, 0.29) is 0 Å². The minimum absolute atomic E-state index is 0.450. The van der Waals surface area contributed by atoms with E-state index in [0.29, 0.717) is 16.6 Å². The Morgan fingerprint density at radius 2 is 1.46 bits per heavy atom. The van der Waals surface area contributed by atoms with Gasteiger partial charge >= 0.3 is 0 Å². The van der Waals surface area contributed by atoms with Gasteiger partial charge in [-0.15, -0.1) is 0 Å². The Balaban J connectivity index is 1.69. The van der Waals surface area contributed by atoms with Crippen molar-refractivity contribution in [1.82, 2.24) is 0 Å². The van der Waals surface area contributed by atoms with Crippen LogP contribution in [0.25, 0.3) is 0 Å². The monoisotopic (exact) mass is 330 g/mol. The molecule has 136 valence electrons. The van der Waals surface area contributed by atoms with Gasteiger partial charge in [-0.05, 0) is 85.5 Å². The van der Waals surface area contributed by atoms with E-state index >= 15 is 0 Å². The van der Waals surface area contributed by atoms with Crippen LogP contribution in [-0.2, 0) is 12.8 Å². The van der Waals surface area contributed by atoms with Crippen molar-refractivity contribution in [3.05, 3.63) is 29.3 Å². The average molecular weight is 331 g/mol. The number of phenolic OH excluding ortho intramolecular Hbond substituents is 1. The Morgan fingerprint density at radius 3 is 2.00 bits per heavy atom. The maximum atomic E-state index is 10.00. The molecule has 1 aliphatic rings. The average Bonchev–Trinajstić information content (AvgIpc) is 3.20. The third kappa shape index (κ3) is 7.73. The van der Waals surface area contributed by atoms with Crippen molar-refractivity contribution in [2.75, 3.05) is 0 Å². The molecule has 1 aliphatic carbocycles. The van der Waals surface area contributed by atoms with Crippen LogP contribution in [0.4, 0.5) is 0 Å². The minimum atomic E-state index is 0.450. The first-order valence-electron chi connectivity index (χ1n) is 10.1. The summed E-state index contributed by atoms with van der Waals surface area (Å²) >= 11 is 0. The molecule has 24 heavy (non-hydrogen) atoms. The van der Waals surface area contributed by atoms with Gasteiger partial charge in [0.2, 0.25) is 0 Å². The molecule has 1 saturated carbocycles. The van der Waals surface area contributed by atoms with Crippen molar-refractivity contribution in [2.24, 2.45) is 10.8 Å². The van der Waals surface area contributed by atoms with Crippen LogP contribution in [0.5, 0.6) is 5.75 Å². The van der Waals surface area contributed by atoms with Gasteiger partial charge in [0, 0.05) is 0 Å². The summed E-state index contributed by atoms with van der Waals surface area (Å²) in [5, 5.41) is 10.00. The lowest BCUT2D eigenvalue weighted by Crippen LogP contribution is -2.04. The van der Waals surface area contributed by atoms with Crippen molar-refractivity contribution in [3.63, 3.8) is 0 Å². The van der Waals surface area contributed by atoms with Crippen LogP contribution in [0.3, 0.4) is 0 Å². The summed E-state index contributed by atoms with van der Waals surface area (Å²) in [6.45, 7) is 9.37. The predicted molar refractivity (Wildman–Crippen MR) is 105 cm³/mol. The molecule has 1 aromatic rings. The fourth-order valence-corrected chi connectivity index (χ4v) is 3.54. The van der Waals surface area contributed by atoms with Gasteiger partial charge in [0.05, 0.1) is 0 Å². The van der Waals surface area contributed by atoms with E-state index < -0.39 is 0 Å². The molecule has 1 aromatic carbocycles. The normalized spacial score (nSPS) is 16.3. The van der Waals surface area contributed by atoms with Gasteiger partial charge in [-0.3, -0.25) is 0 Å². The quantitative estimate of drug-likeness (QED) is 0.455. The molecule has 0 amide bonds. The first kappa shape index (κ1) is 19.3. The van der Waals surface area contributed by atoms with Crippen LogP contribution < -0.4 is 0 Å². The van der Waals surface area contributed by atoms with E-state index in [1.54, 1.807) is 0 Å². The number of aryl methyl sites for hydroxylation is 2. The molecule has 0 atom stereocenters. The van der Waals surface area contributed by atoms with E-state index in [9.17, 15) is 5.11 Å². The smallest absolute Gasteiger partial charge is 0.116 e. The molecular weight excluding hydrogens is 292 g/mol. The topological polar surface area (TPSA) is 20.2 Å². The zero-order valence-corrected chi connectivity index (χ0v) is 16.5. The fraction of sp³-hybridized carbons (Fsp3) is 0.739. The van der Waals surface area contributed by atoms with Crippen LogP contribution in [0.15, 0.2) is 18.2 Å². The zero-order chi connectivity index (χ0) is 17.6. The lowest BCUT2D eigenvalue weighted by Gasteiger charge is -2.17. The van der Waals surface area contributed by atoms with Gasteiger partial charge < -0.3 is 5.11 Å². The summed E-state index contributed by atoms with van der Waals surface area (Å²) in [5.74, 6) is 0.450. The Hall–Kier alpha value is -0.980. The second-order valence-corrected chi connectivity index (χ2v) is 9.65. The van der Waals surface area contributed by atoms with Gasteiger partial charge in [0.1, 0.15) is 5.75 Å². The van der Waals surface area contributed by atoms with Crippen LogP contribution in [0, 0.1) is 10.8 Å².